The van der Waals surface area contributed by atoms with E-state index in [1.807, 2.05) is 0 Å². The minimum atomic E-state index is -4.68. The van der Waals surface area contributed by atoms with Crippen molar-refractivity contribution in [2.75, 3.05) is 19.7 Å². The first-order chi connectivity index (χ1) is 9.49. The molecular weight excluding hydrogens is 271 g/mol. The van der Waals surface area contributed by atoms with E-state index < -0.39 is 6.36 Å². The number of halogens is 3. The van der Waals surface area contributed by atoms with E-state index in [-0.39, 0.29) is 18.4 Å². The zero-order valence-electron chi connectivity index (χ0n) is 11.1. The Labute approximate surface area is 116 Å². The maximum atomic E-state index is 12.1. The van der Waals surface area contributed by atoms with Crippen LogP contribution in [0.5, 0.6) is 5.75 Å². The standard InChI is InChI=1S/C14H18F3NO2/c15-14(16,17)20-12-6-4-11(5-7-12)13(10-19)18-8-2-1-3-9-18/h4-7,13,19H,1-3,8-10H2/t13-/m0/s1. The number of hydrogen-bond donors (Lipinski definition) is 1. The Morgan fingerprint density at radius 3 is 2.20 bits per heavy atom. The fourth-order valence-corrected chi connectivity index (χ4v) is 2.55. The highest BCUT2D eigenvalue weighted by molar-refractivity contribution is 5.29. The predicted molar refractivity (Wildman–Crippen MR) is 68.4 cm³/mol. The second-order valence-corrected chi connectivity index (χ2v) is 4.91. The van der Waals surface area contributed by atoms with Crippen LogP contribution >= 0.6 is 0 Å². The van der Waals surface area contributed by atoms with E-state index in [0.29, 0.717) is 0 Å². The SMILES string of the molecule is OC[C@@H](c1ccc(OC(F)(F)F)cc1)N1CCCCC1. The number of alkyl halides is 3. The van der Waals surface area contributed by atoms with Crippen molar-refractivity contribution in [3.63, 3.8) is 0 Å². The molecule has 0 unspecified atom stereocenters. The summed E-state index contributed by atoms with van der Waals surface area (Å²) < 4.78 is 40.1. The topological polar surface area (TPSA) is 32.7 Å². The normalized spacial score (nSPS) is 18.8. The highest BCUT2D eigenvalue weighted by Gasteiger charge is 2.31. The molecule has 3 nitrogen and oxygen atoms in total. The van der Waals surface area contributed by atoms with Gasteiger partial charge in [-0.25, -0.2) is 0 Å². The molecule has 1 atom stereocenters. The lowest BCUT2D eigenvalue weighted by Gasteiger charge is -2.33. The third-order valence-corrected chi connectivity index (χ3v) is 3.50. The summed E-state index contributed by atoms with van der Waals surface area (Å²) in [6.07, 6.45) is -1.31. The maximum Gasteiger partial charge on any atom is 0.573 e. The third-order valence-electron chi connectivity index (χ3n) is 3.50. The number of likely N-dealkylation sites (tertiary alicyclic amines) is 1. The second kappa shape index (κ2) is 6.45. The Balaban J connectivity index is 2.06. The van der Waals surface area contributed by atoms with Crippen LogP contribution in [0.1, 0.15) is 30.9 Å². The zero-order chi connectivity index (χ0) is 14.6. The summed E-state index contributed by atoms with van der Waals surface area (Å²) in [4.78, 5) is 2.17. The largest absolute Gasteiger partial charge is 0.573 e. The first-order valence-electron chi connectivity index (χ1n) is 6.70. The average molecular weight is 289 g/mol. The lowest BCUT2D eigenvalue weighted by molar-refractivity contribution is -0.274. The number of aliphatic hydroxyl groups is 1. The smallest absolute Gasteiger partial charge is 0.406 e. The van der Waals surface area contributed by atoms with Crippen molar-refractivity contribution in [1.29, 1.82) is 0 Å². The van der Waals surface area contributed by atoms with Gasteiger partial charge in [-0.3, -0.25) is 4.90 Å². The van der Waals surface area contributed by atoms with E-state index in [2.05, 4.69) is 9.64 Å². The van der Waals surface area contributed by atoms with E-state index in [9.17, 15) is 18.3 Å². The molecular formula is C14H18F3NO2. The Hall–Kier alpha value is -1.27. The molecule has 0 saturated carbocycles. The number of benzene rings is 1. The molecule has 0 aliphatic carbocycles. The summed E-state index contributed by atoms with van der Waals surface area (Å²) in [5.41, 5.74) is 0.809. The van der Waals surface area contributed by atoms with Gasteiger partial charge in [0.1, 0.15) is 5.75 Å². The summed E-state index contributed by atoms with van der Waals surface area (Å²) in [5.74, 6) is -0.239. The molecule has 6 heteroatoms. The third kappa shape index (κ3) is 4.11. The molecule has 1 aromatic rings. The number of piperidine rings is 1. The Morgan fingerprint density at radius 2 is 1.70 bits per heavy atom. The lowest BCUT2D eigenvalue weighted by Crippen LogP contribution is -2.35. The van der Waals surface area contributed by atoms with Gasteiger partial charge >= 0.3 is 6.36 Å². The van der Waals surface area contributed by atoms with Gasteiger partial charge in [0.05, 0.1) is 12.6 Å². The second-order valence-electron chi connectivity index (χ2n) is 4.91. The summed E-state index contributed by atoms with van der Waals surface area (Å²) in [6, 6.07) is 5.58. The van der Waals surface area contributed by atoms with Gasteiger partial charge < -0.3 is 9.84 Å². The Bertz CT molecular complexity index is 413. The monoisotopic (exact) mass is 289 g/mol. The van der Waals surface area contributed by atoms with Crippen molar-refractivity contribution in [1.82, 2.24) is 4.90 Å². The van der Waals surface area contributed by atoms with Gasteiger partial charge in [0, 0.05) is 0 Å². The van der Waals surface area contributed by atoms with Crippen molar-refractivity contribution in [3.8, 4) is 5.75 Å². The Morgan fingerprint density at radius 1 is 1.10 bits per heavy atom. The summed E-state index contributed by atoms with van der Waals surface area (Å²) in [6.45, 7) is 1.78. The number of rotatable bonds is 4. The van der Waals surface area contributed by atoms with Gasteiger partial charge in [-0.15, -0.1) is 13.2 Å². The van der Waals surface area contributed by atoms with E-state index in [1.165, 1.54) is 18.6 Å². The molecule has 1 N–H and O–H groups in total. The summed E-state index contributed by atoms with van der Waals surface area (Å²) in [7, 11) is 0. The lowest BCUT2D eigenvalue weighted by atomic mass is 10.0. The molecule has 112 valence electrons. The van der Waals surface area contributed by atoms with Crippen LogP contribution in [0.25, 0.3) is 0 Å². The maximum absolute atomic E-state index is 12.1. The Kier molecular flexibility index (Phi) is 4.88. The van der Waals surface area contributed by atoms with Crippen LogP contribution in [0.2, 0.25) is 0 Å². The number of hydrogen-bond acceptors (Lipinski definition) is 3. The van der Waals surface area contributed by atoms with E-state index >= 15 is 0 Å². The van der Waals surface area contributed by atoms with Gasteiger partial charge in [-0.1, -0.05) is 18.6 Å². The quantitative estimate of drug-likeness (QED) is 0.924. The molecule has 1 aliphatic rings. The molecule has 1 heterocycles. The predicted octanol–water partition coefficient (Wildman–Crippen LogP) is 3.10. The first-order valence-corrected chi connectivity index (χ1v) is 6.70. The van der Waals surface area contributed by atoms with Crippen LogP contribution in [0, 0.1) is 0 Å². The van der Waals surface area contributed by atoms with Crippen molar-refractivity contribution in [2.45, 2.75) is 31.7 Å². The van der Waals surface area contributed by atoms with E-state index in [4.69, 9.17) is 0 Å². The minimum Gasteiger partial charge on any atom is -0.406 e. The van der Waals surface area contributed by atoms with Crippen molar-refractivity contribution >= 4 is 0 Å². The van der Waals surface area contributed by atoms with Crippen molar-refractivity contribution in [2.24, 2.45) is 0 Å². The van der Waals surface area contributed by atoms with E-state index in [0.717, 1.165) is 31.5 Å². The molecule has 0 aromatic heterocycles. The number of aliphatic hydroxyl groups excluding tert-OH is 1. The number of nitrogens with zero attached hydrogens (tertiary/aromatic N) is 1. The van der Waals surface area contributed by atoms with Crippen LogP contribution in [-0.2, 0) is 0 Å². The first kappa shape index (κ1) is 15.1. The average Bonchev–Trinajstić information content (AvgIpc) is 2.41. The highest BCUT2D eigenvalue weighted by Crippen LogP contribution is 2.28. The van der Waals surface area contributed by atoms with Gasteiger partial charge in [-0.05, 0) is 43.6 Å². The molecule has 1 saturated heterocycles. The number of ether oxygens (including phenoxy) is 1. The molecule has 2 rings (SSSR count). The van der Waals surface area contributed by atoms with Crippen molar-refractivity contribution < 1.29 is 23.0 Å². The molecule has 1 fully saturated rings. The molecule has 0 bridgehead atoms. The molecule has 0 spiro atoms. The highest BCUT2D eigenvalue weighted by atomic mass is 19.4. The zero-order valence-corrected chi connectivity index (χ0v) is 11.1. The summed E-state index contributed by atoms with van der Waals surface area (Å²) >= 11 is 0. The van der Waals surface area contributed by atoms with Crippen LogP contribution in [-0.4, -0.2) is 36.1 Å². The van der Waals surface area contributed by atoms with Gasteiger partial charge in [0.2, 0.25) is 0 Å². The fraction of sp³-hybridized carbons (Fsp3) is 0.571. The van der Waals surface area contributed by atoms with Gasteiger partial charge in [0.25, 0.3) is 0 Å². The van der Waals surface area contributed by atoms with Crippen LogP contribution in [0.15, 0.2) is 24.3 Å². The minimum absolute atomic E-state index is 0.0422. The molecule has 0 amide bonds. The van der Waals surface area contributed by atoms with Gasteiger partial charge in [-0.2, -0.15) is 0 Å². The summed E-state index contributed by atoms with van der Waals surface area (Å²) in [5, 5.41) is 9.53. The van der Waals surface area contributed by atoms with Crippen LogP contribution in [0.3, 0.4) is 0 Å². The molecule has 0 radical (unpaired) electrons. The molecule has 1 aliphatic heterocycles. The fourth-order valence-electron chi connectivity index (χ4n) is 2.55. The molecule has 20 heavy (non-hydrogen) atoms. The van der Waals surface area contributed by atoms with Crippen LogP contribution < -0.4 is 4.74 Å². The van der Waals surface area contributed by atoms with Crippen LogP contribution in [0.4, 0.5) is 13.2 Å². The van der Waals surface area contributed by atoms with E-state index in [1.54, 1.807) is 12.1 Å². The van der Waals surface area contributed by atoms with Gasteiger partial charge in [0.15, 0.2) is 0 Å². The van der Waals surface area contributed by atoms with Crippen molar-refractivity contribution in [3.05, 3.63) is 29.8 Å². The molecule has 1 aromatic carbocycles.